The van der Waals surface area contributed by atoms with Crippen LogP contribution in [-0.4, -0.2) is 0 Å². The number of hydrogen-bond acceptors (Lipinski definition) is 2. The molecule has 0 spiro atoms. The molecule has 1 aromatic carbocycles. The molecule has 0 aliphatic heterocycles. The van der Waals surface area contributed by atoms with Crippen LogP contribution in [0.25, 0.3) is 0 Å². The fraction of sp³-hybridized carbons (Fsp3) is 0. The third-order valence-corrected chi connectivity index (χ3v) is 0.996. The Balaban J connectivity index is 0.000000640. The van der Waals surface area contributed by atoms with Crippen LogP contribution in [0.3, 0.4) is 0 Å². The maximum Gasteiger partial charge on any atom is 0.0547 e. The molecular formula is C6H8CuN2. The number of nitrogens with two attached hydrogens (primary N) is 2. The second-order valence-electron chi connectivity index (χ2n) is 1.63. The summed E-state index contributed by atoms with van der Waals surface area (Å²) in [7, 11) is 0. The zero-order chi connectivity index (χ0) is 5.98. The van der Waals surface area contributed by atoms with E-state index in [-0.39, 0.29) is 17.1 Å². The zero-order valence-corrected chi connectivity index (χ0v) is 5.71. The van der Waals surface area contributed by atoms with Crippen molar-refractivity contribution in [2.75, 3.05) is 11.5 Å². The molecule has 0 fully saturated rings. The van der Waals surface area contributed by atoms with E-state index in [0.29, 0.717) is 11.4 Å². The Morgan fingerprint density at radius 1 is 0.889 bits per heavy atom. The SMILES string of the molecule is Nc1ccccc1N.[Cu]. The number of para-hydroxylation sites is 2. The Kier molecular flexibility index (Phi) is 3.13. The molecular weight excluding hydrogens is 164 g/mol. The Morgan fingerprint density at radius 2 is 1.22 bits per heavy atom. The predicted octanol–water partition coefficient (Wildman–Crippen LogP) is 0.849. The molecule has 53 valence electrons. The molecule has 0 saturated carbocycles. The smallest absolute Gasteiger partial charge is 0.0547 e. The molecule has 0 unspecified atom stereocenters. The van der Waals surface area contributed by atoms with Gasteiger partial charge in [-0.05, 0) is 12.1 Å². The van der Waals surface area contributed by atoms with E-state index in [1.807, 2.05) is 12.1 Å². The van der Waals surface area contributed by atoms with Crippen LogP contribution in [0.15, 0.2) is 24.3 Å². The number of benzene rings is 1. The molecule has 0 aliphatic carbocycles. The van der Waals surface area contributed by atoms with Gasteiger partial charge in [0.1, 0.15) is 0 Å². The summed E-state index contributed by atoms with van der Waals surface area (Å²) in [5.41, 5.74) is 12.1. The van der Waals surface area contributed by atoms with Crippen LogP contribution in [0.4, 0.5) is 11.4 Å². The van der Waals surface area contributed by atoms with Gasteiger partial charge in [-0.1, -0.05) is 12.1 Å². The van der Waals surface area contributed by atoms with Crippen LogP contribution >= 0.6 is 0 Å². The molecule has 3 heteroatoms. The molecule has 0 saturated heterocycles. The number of nitrogen functional groups attached to an aromatic ring is 2. The Labute approximate surface area is 64.7 Å². The summed E-state index contributed by atoms with van der Waals surface area (Å²) in [6, 6.07) is 7.25. The number of hydrogen-bond donors (Lipinski definition) is 2. The van der Waals surface area contributed by atoms with Gasteiger partial charge in [-0.3, -0.25) is 0 Å². The van der Waals surface area contributed by atoms with E-state index >= 15 is 0 Å². The summed E-state index contributed by atoms with van der Waals surface area (Å²) in [5, 5.41) is 0. The Morgan fingerprint density at radius 3 is 1.44 bits per heavy atom. The number of rotatable bonds is 0. The zero-order valence-electron chi connectivity index (χ0n) is 4.77. The molecule has 0 amide bonds. The van der Waals surface area contributed by atoms with E-state index in [2.05, 4.69) is 0 Å². The fourth-order valence-electron chi connectivity index (χ4n) is 0.511. The van der Waals surface area contributed by atoms with Gasteiger partial charge in [0.05, 0.1) is 11.4 Å². The van der Waals surface area contributed by atoms with Crippen molar-refractivity contribution in [3.8, 4) is 0 Å². The molecule has 9 heavy (non-hydrogen) atoms. The van der Waals surface area contributed by atoms with Gasteiger partial charge in [-0.25, -0.2) is 0 Å². The van der Waals surface area contributed by atoms with Crippen LogP contribution < -0.4 is 11.5 Å². The fourth-order valence-corrected chi connectivity index (χ4v) is 0.511. The summed E-state index contributed by atoms with van der Waals surface area (Å²) in [6.07, 6.45) is 0. The van der Waals surface area contributed by atoms with E-state index in [9.17, 15) is 0 Å². The second kappa shape index (κ2) is 3.38. The van der Waals surface area contributed by atoms with Crippen molar-refractivity contribution in [2.24, 2.45) is 0 Å². The maximum absolute atomic E-state index is 5.39. The van der Waals surface area contributed by atoms with Crippen LogP contribution in [0.1, 0.15) is 0 Å². The van der Waals surface area contributed by atoms with Gasteiger partial charge >= 0.3 is 0 Å². The third kappa shape index (κ3) is 1.96. The number of anilines is 2. The predicted molar refractivity (Wildman–Crippen MR) is 35.3 cm³/mol. The second-order valence-corrected chi connectivity index (χ2v) is 1.63. The minimum absolute atomic E-state index is 0. The van der Waals surface area contributed by atoms with Crippen molar-refractivity contribution in [1.29, 1.82) is 0 Å². The Hall–Kier alpha value is -0.661. The molecule has 1 aromatic rings. The van der Waals surface area contributed by atoms with Crippen molar-refractivity contribution in [3.05, 3.63) is 24.3 Å². The molecule has 2 nitrogen and oxygen atoms in total. The van der Waals surface area contributed by atoms with Crippen molar-refractivity contribution < 1.29 is 17.1 Å². The van der Waals surface area contributed by atoms with Crippen LogP contribution in [0.2, 0.25) is 0 Å². The van der Waals surface area contributed by atoms with E-state index < -0.39 is 0 Å². The van der Waals surface area contributed by atoms with E-state index in [4.69, 9.17) is 11.5 Å². The third-order valence-electron chi connectivity index (χ3n) is 0.996. The largest absolute Gasteiger partial charge is 0.397 e. The quantitative estimate of drug-likeness (QED) is 0.449. The molecule has 0 heterocycles. The summed E-state index contributed by atoms with van der Waals surface area (Å²) in [4.78, 5) is 0. The maximum atomic E-state index is 5.39. The minimum atomic E-state index is 0. The summed E-state index contributed by atoms with van der Waals surface area (Å²) >= 11 is 0. The van der Waals surface area contributed by atoms with Gasteiger partial charge in [0.2, 0.25) is 0 Å². The molecule has 0 aliphatic rings. The average molecular weight is 172 g/mol. The van der Waals surface area contributed by atoms with Crippen LogP contribution in [-0.2, 0) is 17.1 Å². The monoisotopic (exact) mass is 171 g/mol. The van der Waals surface area contributed by atoms with E-state index in [1.54, 1.807) is 12.1 Å². The van der Waals surface area contributed by atoms with Gasteiger partial charge in [0, 0.05) is 17.1 Å². The van der Waals surface area contributed by atoms with E-state index in [0.717, 1.165) is 0 Å². The molecule has 1 rings (SSSR count). The summed E-state index contributed by atoms with van der Waals surface area (Å²) < 4.78 is 0. The van der Waals surface area contributed by atoms with Gasteiger partial charge in [-0.15, -0.1) is 0 Å². The van der Waals surface area contributed by atoms with Gasteiger partial charge in [0.15, 0.2) is 0 Å². The van der Waals surface area contributed by atoms with E-state index in [1.165, 1.54) is 0 Å². The van der Waals surface area contributed by atoms with Crippen molar-refractivity contribution in [3.63, 3.8) is 0 Å². The molecule has 4 N–H and O–H groups in total. The minimum Gasteiger partial charge on any atom is -0.397 e. The first-order valence-electron chi connectivity index (χ1n) is 2.40. The van der Waals surface area contributed by atoms with Gasteiger partial charge < -0.3 is 11.5 Å². The molecule has 0 aromatic heterocycles. The van der Waals surface area contributed by atoms with Crippen molar-refractivity contribution >= 4 is 11.4 Å². The first-order chi connectivity index (χ1) is 3.80. The summed E-state index contributed by atoms with van der Waals surface area (Å²) in [5.74, 6) is 0. The summed E-state index contributed by atoms with van der Waals surface area (Å²) in [6.45, 7) is 0. The van der Waals surface area contributed by atoms with Gasteiger partial charge in [0.25, 0.3) is 0 Å². The van der Waals surface area contributed by atoms with Crippen LogP contribution in [0, 0.1) is 0 Å². The van der Waals surface area contributed by atoms with Crippen molar-refractivity contribution in [1.82, 2.24) is 0 Å². The molecule has 0 atom stereocenters. The molecule has 1 radical (unpaired) electrons. The standard InChI is InChI=1S/C6H8N2.Cu/c7-5-3-1-2-4-6(5)8;/h1-4H,7-8H2;. The topological polar surface area (TPSA) is 52.0 Å². The molecule has 0 bridgehead atoms. The first-order valence-corrected chi connectivity index (χ1v) is 2.40. The van der Waals surface area contributed by atoms with Crippen LogP contribution in [0.5, 0.6) is 0 Å². The average Bonchev–Trinajstić information content (AvgIpc) is 1.77. The first kappa shape index (κ1) is 8.34. The normalized spacial score (nSPS) is 8.00. The van der Waals surface area contributed by atoms with Gasteiger partial charge in [-0.2, -0.15) is 0 Å². The Bertz CT molecular complexity index is 167. The van der Waals surface area contributed by atoms with Crippen molar-refractivity contribution in [2.45, 2.75) is 0 Å².